The fourth-order valence-electron chi connectivity index (χ4n) is 7.63. The second-order valence-corrected chi connectivity index (χ2v) is 12.6. The van der Waals surface area contributed by atoms with Gasteiger partial charge in [0.1, 0.15) is 5.82 Å². The first-order chi connectivity index (χ1) is 20.0. The molecule has 2 bridgehead atoms. The van der Waals surface area contributed by atoms with E-state index in [1.54, 1.807) is 6.07 Å². The molecule has 1 N–H and O–H groups in total. The van der Waals surface area contributed by atoms with Crippen LogP contribution in [0.5, 0.6) is 0 Å². The minimum Gasteiger partial charge on any atom is -0.340 e. The van der Waals surface area contributed by atoms with Crippen LogP contribution in [0, 0.1) is 5.82 Å². The number of hydrogen-bond acceptors (Lipinski definition) is 3. The van der Waals surface area contributed by atoms with E-state index in [0.717, 1.165) is 55.0 Å². The van der Waals surface area contributed by atoms with E-state index in [1.165, 1.54) is 24.5 Å². The lowest BCUT2D eigenvalue weighted by Crippen LogP contribution is -2.53. The normalized spacial score (nSPS) is 25.6. The van der Waals surface area contributed by atoms with Gasteiger partial charge in [0, 0.05) is 50.8 Å². The molecule has 3 aromatic carbocycles. The number of carbonyl (C=O) groups is 2. The molecule has 1 aliphatic carbocycles. The highest BCUT2D eigenvalue weighted by Crippen LogP contribution is 2.49. The summed E-state index contributed by atoms with van der Waals surface area (Å²) in [5, 5.41) is 5.37. The van der Waals surface area contributed by atoms with Gasteiger partial charge in [-0.15, -0.1) is 0 Å². The van der Waals surface area contributed by atoms with Gasteiger partial charge in [0.2, 0.25) is 5.91 Å². The SMILES string of the molecule is O=C(NC1C[C@H]2CC[C@@H](C1)N2Cc1ccc2cc(F)ccc2c1)N1CCCN(C(=O)C2(c3ccccc3)CC2)CC1. The van der Waals surface area contributed by atoms with Gasteiger partial charge in [-0.05, 0) is 85.0 Å². The van der Waals surface area contributed by atoms with Crippen LogP contribution in [0.15, 0.2) is 66.7 Å². The molecule has 41 heavy (non-hydrogen) atoms. The van der Waals surface area contributed by atoms with Crippen LogP contribution in [0.2, 0.25) is 0 Å². The number of rotatable bonds is 5. The van der Waals surface area contributed by atoms with Crippen molar-refractivity contribution in [1.82, 2.24) is 20.0 Å². The predicted octanol–water partition coefficient (Wildman–Crippen LogP) is 5.45. The minimum absolute atomic E-state index is 0.0168. The largest absolute Gasteiger partial charge is 0.340 e. The molecule has 3 atom stereocenters. The zero-order chi connectivity index (χ0) is 28.0. The topological polar surface area (TPSA) is 55.9 Å². The lowest BCUT2D eigenvalue weighted by Gasteiger charge is -2.40. The van der Waals surface area contributed by atoms with Crippen molar-refractivity contribution in [1.29, 1.82) is 0 Å². The molecule has 6 nitrogen and oxygen atoms in total. The maximum atomic E-state index is 13.6. The molecular formula is C34H39FN4O2. The van der Waals surface area contributed by atoms with E-state index in [4.69, 9.17) is 0 Å². The van der Waals surface area contributed by atoms with Crippen LogP contribution in [0.1, 0.15) is 56.1 Å². The Balaban J connectivity index is 0.933. The number of fused-ring (bicyclic) bond motifs is 3. The number of urea groups is 1. The van der Waals surface area contributed by atoms with E-state index in [-0.39, 0.29) is 29.2 Å². The Kier molecular flexibility index (Phi) is 6.93. The summed E-state index contributed by atoms with van der Waals surface area (Å²) < 4.78 is 13.6. The predicted molar refractivity (Wildman–Crippen MR) is 158 cm³/mol. The minimum atomic E-state index is -0.350. The Morgan fingerprint density at radius 3 is 2.27 bits per heavy atom. The average molecular weight is 555 g/mol. The third kappa shape index (κ3) is 5.21. The Hall–Kier alpha value is -3.45. The molecule has 1 unspecified atom stereocenters. The van der Waals surface area contributed by atoms with Crippen LogP contribution in [0.3, 0.4) is 0 Å². The summed E-state index contributed by atoms with van der Waals surface area (Å²) in [5.74, 6) is 0.0293. The molecule has 4 fully saturated rings. The lowest BCUT2D eigenvalue weighted by atomic mass is 9.94. The molecule has 3 saturated heterocycles. The second-order valence-electron chi connectivity index (χ2n) is 12.6. The first-order valence-electron chi connectivity index (χ1n) is 15.3. The highest BCUT2D eigenvalue weighted by molar-refractivity contribution is 5.91. The van der Waals surface area contributed by atoms with Gasteiger partial charge in [0.15, 0.2) is 0 Å². The van der Waals surface area contributed by atoms with Crippen molar-refractivity contribution >= 4 is 22.7 Å². The fraction of sp³-hybridized carbons (Fsp3) is 0.471. The van der Waals surface area contributed by atoms with Gasteiger partial charge in [-0.25, -0.2) is 9.18 Å². The maximum absolute atomic E-state index is 13.6. The van der Waals surface area contributed by atoms with Crippen LogP contribution in [-0.4, -0.2) is 70.9 Å². The Morgan fingerprint density at radius 1 is 0.829 bits per heavy atom. The highest BCUT2D eigenvalue weighted by Gasteiger charge is 2.53. The number of hydrogen-bond donors (Lipinski definition) is 1. The van der Waals surface area contributed by atoms with Crippen molar-refractivity contribution in [3.63, 3.8) is 0 Å². The van der Waals surface area contributed by atoms with Crippen LogP contribution < -0.4 is 5.32 Å². The van der Waals surface area contributed by atoms with Gasteiger partial charge < -0.3 is 15.1 Å². The van der Waals surface area contributed by atoms with Crippen LogP contribution in [-0.2, 0) is 16.8 Å². The van der Waals surface area contributed by atoms with E-state index < -0.39 is 0 Å². The van der Waals surface area contributed by atoms with Gasteiger partial charge in [0.05, 0.1) is 5.41 Å². The molecule has 0 aromatic heterocycles. The number of nitrogens with one attached hydrogen (secondary N) is 1. The number of piperidine rings is 1. The van der Waals surface area contributed by atoms with Gasteiger partial charge in [-0.1, -0.05) is 48.5 Å². The highest BCUT2D eigenvalue weighted by atomic mass is 19.1. The summed E-state index contributed by atoms with van der Waals surface area (Å²) in [6.45, 7) is 3.47. The molecule has 0 radical (unpaired) electrons. The Bertz CT molecular complexity index is 1430. The third-order valence-electron chi connectivity index (χ3n) is 10.00. The second kappa shape index (κ2) is 10.8. The molecule has 3 heterocycles. The monoisotopic (exact) mass is 554 g/mol. The summed E-state index contributed by atoms with van der Waals surface area (Å²) in [4.78, 5) is 33.4. The summed E-state index contributed by atoms with van der Waals surface area (Å²) >= 11 is 0. The number of benzene rings is 3. The molecule has 3 aliphatic heterocycles. The zero-order valence-electron chi connectivity index (χ0n) is 23.6. The van der Waals surface area contributed by atoms with Crippen LogP contribution in [0.4, 0.5) is 9.18 Å². The lowest BCUT2D eigenvalue weighted by molar-refractivity contribution is -0.133. The van der Waals surface area contributed by atoms with E-state index in [1.807, 2.05) is 40.1 Å². The van der Waals surface area contributed by atoms with Crippen molar-refractivity contribution in [2.24, 2.45) is 0 Å². The van der Waals surface area contributed by atoms with Gasteiger partial charge >= 0.3 is 6.03 Å². The number of carbonyl (C=O) groups excluding carboxylic acids is 2. The van der Waals surface area contributed by atoms with Gasteiger partial charge in [-0.3, -0.25) is 9.69 Å². The first kappa shape index (κ1) is 26.4. The van der Waals surface area contributed by atoms with Crippen molar-refractivity contribution < 1.29 is 14.0 Å². The fourth-order valence-corrected chi connectivity index (χ4v) is 7.63. The van der Waals surface area contributed by atoms with E-state index in [2.05, 4.69) is 34.5 Å². The summed E-state index contributed by atoms with van der Waals surface area (Å²) in [6.07, 6.45) is 6.92. The van der Waals surface area contributed by atoms with E-state index >= 15 is 0 Å². The van der Waals surface area contributed by atoms with Crippen LogP contribution >= 0.6 is 0 Å². The molecule has 1 saturated carbocycles. The van der Waals surface area contributed by atoms with Gasteiger partial charge in [-0.2, -0.15) is 0 Å². The van der Waals surface area contributed by atoms with Crippen molar-refractivity contribution in [2.75, 3.05) is 26.2 Å². The summed E-state index contributed by atoms with van der Waals surface area (Å²) in [7, 11) is 0. The third-order valence-corrected chi connectivity index (χ3v) is 10.00. The number of amides is 3. The molecule has 4 aliphatic rings. The van der Waals surface area contributed by atoms with Crippen molar-refractivity contribution in [2.45, 2.75) is 75.0 Å². The summed E-state index contributed by atoms with van der Waals surface area (Å²) in [5.41, 5.74) is 2.03. The summed E-state index contributed by atoms with van der Waals surface area (Å²) in [6, 6.07) is 22.6. The standard InChI is InChI=1S/C34H39FN4O2/c35-28-10-9-25-19-24(7-8-26(25)20-28)23-39-30-11-12-31(39)22-29(21-30)36-33(41)38-16-4-15-37(17-18-38)32(40)34(13-14-34)27-5-2-1-3-6-27/h1-3,5-10,19-20,29-31H,4,11-18,21-23H2,(H,36,41)/t29?,30-,31+. The van der Waals surface area contributed by atoms with Crippen LogP contribution in [0.25, 0.3) is 10.8 Å². The molecule has 3 amide bonds. The Labute approximate surface area is 241 Å². The van der Waals surface area contributed by atoms with Crippen molar-refractivity contribution in [3.05, 3.63) is 83.7 Å². The van der Waals surface area contributed by atoms with E-state index in [0.29, 0.717) is 38.3 Å². The molecular weight excluding hydrogens is 515 g/mol. The van der Waals surface area contributed by atoms with Crippen molar-refractivity contribution in [3.8, 4) is 0 Å². The molecule has 7 heteroatoms. The van der Waals surface area contributed by atoms with E-state index in [9.17, 15) is 14.0 Å². The van der Waals surface area contributed by atoms with Gasteiger partial charge in [0.25, 0.3) is 0 Å². The molecule has 7 rings (SSSR count). The maximum Gasteiger partial charge on any atom is 0.317 e. The Morgan fingerprint density at radius 2 is 1.51 bits per heavy atom. The average Bonchev–Trinajstić information content (AvgIpc) is 3.79. The number of nitrogens with zero attached hydrogens (tertiary/aromatic N) is 3. The first-order valence-corrected chi connectivity index (χ1v) is 15.3. The zero-order valence-corrected chi connectivity index (χ0v) is 23.6. The number of halogens is 1. The molecule has 3 aromatic rings. The molecule has 214 valence electrons. The molecule has 0 spiro atoms. The quantitative estimate of drug-likeness (QED) is 0.457. The smallest absolute Gasteiger partial charge is 0.317 e.